The molecule has 0 saturated carbocycles. The lowest BCUT2D eigenvalue weighted by molar-refractivity contribution is 0.0942. The second-order valence-electron chi connectivity index (χ2n) is 6.45. The highest BCUT2D eigenvalue weighted by Crippen LogP contribution is 2.23. The molecule has 1 fully saturated rings. The Hall–Kier alpha value is -2.40. The van der Waals surface area contributed by atoms with Gasteiger partial charge in [-0.15, -0.1) is 0 Å². The Kier molecular flexibility index (Phi) is 4.17. The zero-order valence-electron chi connectivity index (χ0n) is 13.7. The summed E-state index contributed by atoms with van der Waals surface area (Å²) in [5, 5.41) is 5.11. The largest absolute Gasteiger partial charge is 0.349 e. The van der Waals surface area contributed by atoms with Crippen LogP contribution in [0, 0.1) is 0 Å². The van der Waals surface area contributed by atoms with Crippen LogP contribution in [-0.4, -0.2) is 47.0 Å². The zero-order valence-corrected chi connectivity index (χ0v) is 13.7. The minimum Gasteiger partial charge on any atom is -0.349 e. The number of carbonyl (C=O) groups excluding carboxylic acids is 1. The fourth-order valence-electron chi connectivity index (χ4n) is 3.47. The monoisotopic (exact) mass is 322 g/mol. The fourth-order valence-corrected chi connectivity index (χ4v) is 3.47. The number of nitrogens with one attached hydrogen (secondary N) is 2. The van der Waals surface area contributed by atoms with E-state index in [1.54, 1.807) is 6.20 Å². The van der Waals surface area contributed by atoms with Crippen LogP contribution in [0.4, 0.5) is 0 Å². The lowest BCUT2D eigenvalue weighted by Gasteiger charge is -2.26. The van der Waals surface area contributed by atoms with Crippen molar-refractivity contribution in [2.24, 2.45) is 0 Å². The molecule has 1 saturated heterocycles. The van der Waals surface area contributed by atoms with Gasteiger partial charge in [0.1, 0.15) is 5.69 Å². The average Bonchev–Trinajstić information content (AvgIpc) is 3.07. The van der Waals surface area contributed by atoms with Gasteiger partial charge in [0.25, 0.3) is 5.91 Å². The van der Waals surface area contributed by atoms with E-state index in [1.165, 1.54) is 19.3 Å². The van der Waals surface area contributed by atoms with E-state index in [0.717, 1.165) is 41.4 Å². The highest BCUT2D eigenvalue weighted by atomic mass is 16.1. The topological polar surface area (TPSA) is 61.0 Å². The molecular weight excluding hydrogens is 300 g/mol. The first-order chi connectivity index (χ1) is 11.8. The van der Waals surface area contributed by atoms with Gasteiger partial charge >= 0.3 is 0 Å². The fraction of sp³-hybridized carbons (Fsp3) is 0.368. The molecule has 1 aliphatic rings. The molecule has 0 atom stereocenters. The summed E-state index contributed by atoms with van der Waals surface area (Å²) < 4.78 is 0. The number of hydrogen-bond donors (Lipinski definition) is 2. The number of H-pyrrole nitrogens is 1. The third kappa shape index (κ3) is 2.99. The number of pyridine rings is 1. The minimum absolute atomic E-state index is 0.0488. The van der Waals surface area contributed by atoms with Gasteiger partial charge in [-0.05, 0) is 38.1 Å². The molecule has 2 N–H and O–H groups in total. The highest BCUT2D eigenvalue weighted by molar-refractivity contribution is 6.07. The summed E-state index contributed by atoms with van der Waals surface area (Å²) in [6.45, 7) is 3.92. The first kappa shape index (κ1) is 15.1. The summed E-state index contributed by atoms with van der Waals surface area (Å²) >= 11 is 0. The molecule has 1 aromatic carbocycles. The summed E-state index contributed by atoms with van der Waals surface area (Å²) in [6.07, 6.45) is 5.66. The van der Waals surface area contributed by atoms with Gasteiger partial charge < -0.3 is 15.2 Å². The van der Waals surface area contributed by atoms with Gasteiger partial charge in [-0.1, -0.05) is 24.6 Å². The second-order valence-corrected chi connectivity index (χ2v) is 6.45. The van der Waals surface area contributed by atoms with Crippen molar-refractivity contribution in [2.45, 2.75) is 19.3 Å². The number of fused-ring (bicyclic) bond motifs is 3. The van der Waals surface area contributed by atoms with Gasteiger partial charge in [0.2, 0.25) is 0 Å². The summed E-state index contributed by atoms with van der Waals surface area (Å²) in [5.74, 6) is -0.0488. The van der Waals surface area contributed by atoms with Gasteiger partial charge in [0, 0.05) is 30.1 Å². The van der Waals surface area contributed by atoms with E-state index in [0.29, 0.717) is 12.2 Å². The Morgan fingerprint density at radius 2 is 2.00 bits per heavy atom. The SMILES string of the molecule is O=C(NCCN1CCCCC1)c1cc2ccc3cccnc3c2[nH]1. The molecule has 4 rings (SSSR count). The number of aromatic amines is 1. The Bertz CT molecular complexity index is 864. The van der Waals surface area contributed by atoms with Crippen molar-refractivity contribution in [3.63, 3.8) is 0 Å². The van der Waals surface area contributed by atoms with E-state index >= 15 is 0 Å². The zero-order chi connectivity index (χ0) is 16.4. The number of nitrogens with zero attached hydrogens (tertiary/aromatic N) is 2. The predicted molar refractivity (Wildman–Crippen MR) is 96.2 cm³/mol. The normalized spacial score (nSPS) is 15.8. The molecule has 0 radical (unpaired) electrons. The van der Waals surface area contributed by atoms with E-state index in [9.17, 15) is 4.79 Å². The van der Waals surface area contributed by atoms with Crippen molar-refractivity contribution in [3.05, 3.63) is 42.2 Å². The van der Waals surface area contributed by atoms with Crippen LogP contribution in [0.15, 0.2) is 36.5 Å². The van der Waals surface area contributed by atoms with E-state index in [4.69, 9.17) is 0 Å². The maximum Gasteiger partial charge on any atom is 0.267 e. The van der Waals surface area contributed by atoms with Crippen LogP contribution in [-0.2, 0) is 0 Å². The summed E-state index contributed by atoms with van der Waals surface area (Å²) in [4.78, 5) is 22.5. The molecule has 0 bridgehead atoms. The van der Waals surface area contributed by atoms with E-state index in [1.807, 2.05) is 30.3 Å². The number of hydrogen-bond acceptors (Lipinski definition) is 3. The average molecular weight is 322 g/mol. The van der Waals surface area contributed by atoms with Crippen molar-refractivity contribution >= 4 is 27.7 Å². The third-order valence-corrected chi connectivity index (χ3v) is 4.77. The smallest absolute Gasteiger partial charge is 0.267 e. The van der Waals surface area contributed by atoms with E-state index < -0.39 is 0 Å². The molecule has 3 aromatic rings. The highest BCUT2D eigenvalue weighted by Gasteiger charge is 2.13. The number of likely N-dealkylation sites (tertiary alicyclic amines) is 1. The molecule has 2 aromatic heterocycles. The Balaban J connectivity index is 1.47. The first-order valence-electron chi connectivity index (χ1n) is 8.68. The van der Waals surface area contributed by atoms with Crippen LogP contribution in [0.3, 0.4) is 0 Å². The molecule has 3 heterocycles. The molecule has 124 valence electrons. The lowest BCUT2D eigenvalue weighted by Crippen LogP contribution is -2.37. The van der Waals surface area contributed by atoms with Crippen LogP contribution in [0.1, 0.15) is 29.8 Å². The van der Waals surface area contributed by atoms with Crippen molar-refractivity contribution in [3.8, 4) is 0 Å². The Morgan fingerprint density at radius 1 is 1.17 bits per heavy atom. The first-order valence-corrected chi connectivity index (χ1v) is 8.68. The van der Waals surface area contributed by atoms with Gasteiger partial charge in [0.15, 0.2) is 0 Å². The van der Waals surface area contributed by atoms with Gasteiger partial charge in [-0.2, -0.15) is 0 Å². The van der Waals surface area contributed by atoms with E-state index in [2.05, 4.69) is 20.2 Å². The lowest BCUT2D eigenvalue weighted by atomic mass is 10.1. The molecule has 5 nitrogen and oxygen atoms in total. The van der Waals surface area contributed by atoms with Crippen LogP contribution in [0.25, 0.3) is 21.8 Å². The Labute approximate surface area is 141 Å². The number of rotatable bonds is 4. The minimum atomic E-state index is -0.0488. The maximum absolute atomic E-state index is 12.4. The van der Waals surface area contributed by atoms with Crippen LogP contribution < -0.4 is 5.32 Å². The third-order valence-electron chi connectivity index (χ3n) is 4.77. The second kappa shape index (κ2) is 6.61. The van der Waals surface area contributed by atoms with Crippen molar-refractivity contribution < 1.29 is 4.79 Å². The van der Waals surface area contributed by atoms with Crippen LogP contribution >= 0.6 is 0 Å². The standard InChI is InChI=1S/C19H22N4O/c24-19(21-9-12-23-10-2-1-3-11-23)16-13-15-7-6-14-5-4-8-20-17(14)18(15)22-16/h4-8,13,22H,1-3,9-12H2,(H,21,24). The molecule has 0 aliphatic carbocycles. The number of carbonyl (C=O) groups is 1. The molecule has 1 aliphatic heterocycles. The molecular formula is C19H22N4O. The number of piperidine rings is 1. The van der Waals surface area contributed by atoms with Gasteiger partial charge in [-0.25, -0.2) is 0 Å². The summed E-state index contributed by atoms with van der Waals surface area (Å²) in [6, 6.07) is 9.92. The van der Waals surface area contributed by atoms with Crippen molar-refractivity contribution in [1.29, 1.82) is 0 Å². The van der Waals surface area contributed by atoms with E-state index in [-0.39, 0.29) is 5.91 Å². The molecule has 1 amide bonds. The van der Waals surface area contributed by atoms with Gasteiger partial charge in [0.05, 0.1) is 11.0 Å². The van der Waals surface area contributed by atoms with Crippen LogP contribution in [0.2, 0.25) is 0 Å². The summed E-state index contributed by atoms with van der Waals surface area (Å²) in [7, 11) is 0. The van der Waals surface area contributed by atoms with Crippen LogP contribution in [0.5, 0.6) is 0 Å². The molecule has 0 spiro atoms. The number of benzene rings is 1. The summed E-state index contributed by atoms with van der Waals surface area (Å²) in [5.41, 5.74) is 2.43. The number of aromatic nitrogens is 2. The van der Waals surface area contributed by atoms with Gasteiger partial charge in [-0.3, -0.25) is 9.78 Å². The number of amides is 1. The van der Waals surface area contributed by atoms with Crippen molar-refractivity contribution in [1.82, 2.24) is 20.2 Å². The Morgan fingerprint density at radius 3 is 2.88 bits per heavy atom. The molecule has 0 unspecified atom stereocenters. The quantitative estimate of drug-likeness (QED) is 0.776. The maximum atomic E-state index is 12.4. The van der Waals surface area contributed by atoms with Crippen molar-refractivity contribution in [2.75, 3.05) is 26.2 Å². The molecule has 5 heteroatoms. The molecule has 24 heavy (non-hydrogen) atoms. The predicted octanol–water partition coefficient (Wildman–Crippen LogP) is 2.93.